The van der Waals surface area contributed by atoms with Crippen molar-refractivity contribution in [2.45, 2.75) is 33.6 Å². The van der Waals surface area contributed by atoms with Crippen LogP contribution in [0.1, 0.15) is 39.2 Å². The van der Waals surface area contributed by atoms with E-state index in [-0.39, 0.29) is 23.5 Å². The molecule has 1 N–H and O–H groups in total. The molecule has 1 unspecified atom stereocenters. The first kappa shape index (κ1) is 20.2. The monoisotopic (exact) mass is 373 g/mol. The summed E-state index contributed by atoms with van der Waals surface area (Å²) in [6.45, 7) is 6.62. The van der Waals surface area contributed by atoms with Gasteiger partial charge in [-0.3, -0.25) is 4.79 Å². The summed E-state index contributed by atoms with van der Waals surface area (Å²) < 4.78 is 15.4. The van der Waals surface area contributed by atoms with E-state index in [0.29, 0.717) is 17.0 Å². The van der Waals surface area contributed by atoms with E-state index < -0.39 is 23.8 Å². The Morgan fingerprint density at radius 2 is 1.63 bits per heavy atom. The van der Waals surface area contributed by atoms with Crippen LogP contribution < -0.4 is 10.1 Å². The van der Waals surface area contributed by atoms with Crippen LogP contribution in [0.4, 0.5) is 0 Å². The number of allylic oxidation sites excluding steroid dienone is 2. The fraction of sp³-hybridized carbons (Fsp3) is 0.350. The van der Waals surface area contributed by atoms with E-state index in [0.717, 1.165) is 0 Å². The standard InChI is InChI=1S/C20H23NO6/c1-6-26-20(24)17-12(3)21-11(2)16(19(23)25-5)18(17)14-9-7-8-10-15(14)27-13(4)22/h7-10,18,21H,6H2,1-5H3. The molecule has 7 heteroatoms. The first-order valence-corrected chi connectivity index (χ1v) is 8.53. The van der Waals surface area contributed by atoms with E-state index in [1.54, 1.807) is 45.0 Å². The summed E-state index contributed by atoms with van der Waals surface area (Å²) in [5.74, 6) is -2.18. The third-order valence-corrected chi connectivity index (χ3v) is 4.14. The van der Waals surface area contributed by atoms with Gasteiger partial charge in [0.25, 0.3) is 0 Å². The molecule has 0 aliphatic carbocycles. The maximum atomic E-state index is 12.7. The molecule has 1 atom stereocenters. The Morgan fingerprint density at radius 1 is 1.04 bits per heavy atom. The highest BCUT2D eigenvalue weighted by Gasteiger charge is 2.39. The van der Waals surface area contributed by atoms with Gasteiger partial charge in [-0.25, -0.2) is 9.59 Å². The summed E-state index contributed by atoms with van der Waals surface area (Å²) in [5, 5.41) is 3.04. The number of esters is 3. The average molecular weight is 373 g/mol. The summed E-state index contributed by atoms with van der Waals surface area (Å²) in [4.78, 5) is 36.7. The molecule has 7 nitrogen and oxygen atoms in total. The first-order chi connectivity index (χ1) is 12.8. The van der Waals surface area contributed by atoms with E-state index in [1.807, 2.05) is 0 Å². The summed E-state index contributed by atoms with van der Waals surface area (Å²) >= 11 is 0. The summed E-state index contributed by atoms with van der Waals surface area (Å²) in [6.07, 6.45) is 0. The summed E-state index contributed by atoms with van der Waals surface area (Å²) in [5.41, 5.74) is 2.13. The van der Waals surface area contributed by atoms with Crippen molar-refractivity contribution in [1.82, 2.24) is 5.32 Å². The number of ether oxygens (including phenoxy) is 3. The normalized spacial score (nSPS) is 16.6. The zero-order valence-corrected chi connectivity index (χ0v) is 16.0. The molecule has 1 aliphatic rings. The molecule has 0 radical (unpaired) electrons. The van der Waals surface area contributed by atoms with Crippen LogP contribution in [0.15, 0.2) is 46.8 Å². The van der Waals surface area contributed by atoms with Gasteiger partial charge in [0.05, 0.1) is 30.8 Å². The van der Waals surface area contributed by atoms with Crippen molar-refractivity contribution >= 4 is 17.9 Å². The Labute approximate surface area is 158 Å². The minimum atomic E-state index is -0.798. The van der Waals surface area contributed by atoms with Gasteiger partial charge < -0.3 is 19.5 Å². The first-order valence-electron chi connectivity index (χ1n) is 8.53. The predicted molar refractivity (Wildman–Crippen MR) is 97.7 cm³/mol. The van der Waals surface area contributed by atoms with Gasteiger partial charge >= 0.3 is 17.9 Å². The van der Waals surface area contributed by atoms with Gasteiger partial charge in [-0.05, 0) is 26.8 Å². The highest BCUT2D eigenvalue weighted by molar-refractivity contribution is 6.00. The smallest absolute Gasteiger partial charge is 0.336 e. The molecule has 0 fully saturated rings. The third kappa shape index (κ3) is 4.19. The molecular formula is C20H23NO6. The summed E-state index contributed by atoms with van der Waals surface area (Å²) in [7, 11) is 1.27. The third-order valence-electron chi connectivity index (χ3n) is 4.14. The molecule has 0 amide bonds. The summed E-state index contributed by atoms with van der Waals surface area (Å²) in [6, 6.07) is 6.77. The van der Waals surface area contributed by atoms with Crippen LogP contribution in [0.3, 0.4) is 0 Å². The Hall–Kier alpha value is -3.09. The van der Waals surface area contributed by atoms with Gasteiger partial charge in [-0.2, -0.15) is 0 Å². The van der Waals surface area contributed by atoms with Crippen molar-refractivity contribution in [1.29, 1.82) is 0 Å². The maximum Gasteiger partial charge on any atom is 0.336 e. The quantitative estimate of drug-likeness (QED) is 0.626. The van der Waals surface area contributed by atoms with Crippen LogP contribution in [-0.4, -0.2) is 31.6 Å². The van der Waals surface area contributed by atoms with E-state index >= 15 is 0 Å². The van der Waals surface area contributed by atoms with Gasteiger partial charge in [0, 0.05) is 23.9 Å². The number of carbonyl (C=O) groups excluding carboxylic acids is 3. The van der Waals surface area contributed by atoms with Gasteiger partial charge in [0.2, 0.25) is 0 Å². The van der Waals surface area contributed by atoms with E-state index in [4.69, 9.17) is 14.2 Å². The zero-order chi connectivity index (χ0) is 20.1. The van der Waals surface area contributed by atoms with E-state index in [9.17, 15) is 14.4 Å². The minimum absolute atomic E-state index is 0.185. The van der Waals surface area contributed by atoms with Gasteiger partial charge in [-0.15, -0.1) is 0 Å². The lowest BCUT2D eigenvalue weighted by atomic mass is 9.80. The second kappa shape index (κ2) is 8.53. The average Bonchev–Trinajstić information content (AvgIpc) is 2.60. The number of carbonyl (C=O) groups is 3. The molecule has 2 rings (SSSR count). The lowest BCUT2D eigenvalue weighted by Gasteiger charge is -2.30. The van der Waals surface area contributed by atoms with E-state index in [1.165, 1.54) is 14.0 Å². The van der Waals surface area contributed by atoms with Crippen molar-refractivity contribution in [3.05, 3.63) is 52.4 Å². The molecule has 0 spiro atoms. The molecule has 1 aliphatic heterocycles. The van der Waals surface area contributed by atoms with Crippen LogP contribution >= 0.6 is 0 Å². The topological polar surface area (TPSA) is 90.9 Å². The molecule has 0 aromatic heterocycles. The Kier molecular flexibility index (Phi) is 6.39. The fourth-order valence-electron chi connectivity index (χ4n) is 3.13. The number of nitrogens with one attached hydrogen (secondary N) is 1. The maximum absolute atomic E-state index is 12.7. The van der Waals surface area contributed by atoms with Crippen LogP contribution in [0.2, 0.25) is 0 Å². The molecule has 1 heterocycles. The van der Waals surface area contributed by atoms with Crippen LogP contribution in [-0.2, 0) is 23.9 Å². The number of rotatable bonds is 5. The van der Waals surface area contributed by atoms with Crippen molar-refractivity contribution in [2.24, 2.45) is 0 Å². The van der Waals surface area contributed by atoms with Crippen molar-refractivity contribution in [2.75, 3.05) is 13.7 Å². The Bertz CT molecular complexity index is 837. The van der Waals surface area contributed by atoms with Crippen molar-refractivity contribution < 1.29 is 28.6 Å². The zero-order valence-electron chi connectivity index (χ0n) is 16.0. The highest BCUT2D eigenvalue weighted by atomic mass is 16.5. The molecule has 1 aromatic rings. The minimum Gasteiger partial charge on any atom is -0.466 e. The second-order valence-corrected chi connectivity index (χ2v) is 5.98. The van der Waals surface area contributed by atoms with Gasteiger partial charge in [0.1, 0.15) is 5.75 Å². The molecule has 0 saturated heterocycles. The van der Waals surface area contributed by atoms with Gasteiger partial charge in [0.15, 0.2) is 0 Å². The molecule has 27 heavy (non-hydrogen) atoms. The van der Waals surface area contributed by atoms with E-state index in [2.05, 4.69) is 5.32 Å². The number of benzene rings is 1. The van der Waals surface area contributed by atoms with Crippen molar-refractivity contribution in [3.8, 4) is 5.75 Å². The molecule has 1 aromatic carbocycles. The SMILES string of the molecule is CCOC(=O)C1=C(C)NC(C)=C(C(=O)OC)C1c1ccccc1OC(C)=O. The number of para-hydroxylation sites is 1. The second-order valence-electron chi connectivity index (χ2n) is 5.98. The lowest BCUT2D eigenvalue weighted by Crippen LogP contribution is -2.32. The van der Waals surface area contributed by atoms with Crippen molar-refractivity contribution in [3.63, 3.8) is 0 Å². The Balaban J connectivity index is 2.73. The molecule has 144 valence electrons. The lowest BCUT2D eigenvalue weighted by molar-refractivity contribution is -0.139. The van der Waals surface area contributed by atoms with Gasteiger partial charge in [-0.1, -0.05) is 18.2 Å². The van der Waals surface area contributed by atoms with Crippen LogP contribution in [0.5, 0.6) is 5.75 Å². The molecule has 0 bridgehead atoms. The number of methoxy groups -OCH3 is 1. The molecule has 0 saturated carbocycles. The number of hydrogen-bond acceptors (Lipinski definition) is 7. The largest absolute Gasteiger partial charge is 0.466 e. The predicted octanol–water partition coefficient (Wildman–Crippen LogP) is 2.58. The number of dihydropyridines is 1. The number of hydrogen-bond donors (Lipinski definition) is 1. The fourth-order valence-corrected chi connectivity index (χ4v) is 3.13. The highest BCUT2D eigenvalue weighted by Crippen LogP contribution is 2.42. The van der Waals surface area contributed by atoms with Crippen LogP contribution in [0, 0.1) is 0 Å². The molecular weight excluding hydrogens is 350 g/mol. The van der Waals surface area contributed by atoms with Crippen LogP contribution in [0.25, 0.3) is 0 Å². The Morgan fingerprint density at radius 3 is 2.19 bits per heavy atom.